The van der Waals surface area contributed by atoms with E-state index in [-0.39, 0.29) is 32.9 Å². The van der Waals surface area contributed by atoms with Crippen molar-refractivity contribution in [2.24, 2.45) is 0 Å². The summed E-state index contributed by atoms with van der Waals surface area (Å²) < 4.78 is 29.4. The van der Waals surface area contributed by atoms with Crippen molar-refractivity contribution < 1.29 is 23.1 Å². The molecule has 2 rings (SSSR count). The van der Waals surface area contributed by atoms with Crippen LogP contribution < -0.4 is 10.1 Å². The number of hydrogen-bond acceptors (Lipinski definition) is 5. The minimum absolute atomic E-state index is 0.00224. The van der Waals surface area contributed by atoms with Crippen LogP contribution in [0.1, 0.15) is 13.8 Å². The van der Waals surface area contributed by atoms with Crippen LogP contribution in [0.5, 0.6) is 11.5 Å². The second-order valence-electron chi connectivity index (χ2n) is 5.41. The average molecular weight is 418 g/mol. The van der Waals surface area contributed by atoms with Gasteiger partial charge in [-0.2, -0.15) is 0 Å². The molecule has 2 N–H and O–H groups in total. The van der Waals surface area contributed by atoms with E-state index in [0.717, 1.165) is 0 Å². The lowest BCUT2D eigenvalue weighted by Crippen LogP contribution is -2.30. The molecular formula is C17H17Cl2NO5S. The van der Waals surface area contributed by atoms with Crippen molar-refractivity contribution in [1.82, 2.24) is 0 Å². The Hall–Kier alpha value is -1.96. The summed E-state index contributed by atoms with van der Waals surface area (Å²) in [4.78, 5) is 12.3. The average Bonchev–Trinajstić information content (AvgIpc) is 2.58. The summed E-state index contributed by atoms with van der Waals surface area (Å²) in [5, 5.41) is 13.0. The molecule has 140 valence electrons. The maximum absolute atomic E-state index is 12.3. The highest BCUT2D eigenvalue weighted by atomic mass is 35.5. The second kappa shape index (κ2) is 8.16. The van der Waals surface area contributed by atoms with E-state index < -0.39 is 21.8 Å². The van der Waals surface area contributed by atoms with E-state index >= 15 is 0 Å². The fraction of sp³-hybridized carbons (Fsp3) is 0.235. The topological polar surface area (TPSA) is 92.7 Å². The van der Waals surface area contributed by atoms with E-state index in [4.69, 9.17) is 27.9 Å². The molecule has 1 amide bonds. The molecule has 0 aliphatic rings. The molecule has 0 aromatic heterocycles. The zero-order valence-corrected chi connectivity index (χ0v) is 16.3. The predicted octanol–water partition coefficient (Wildman–Crippen LogP) is 3.90. The highest BCUT2D eigenvalue weighted by molar-refractivity contribution is 7.91. The highest BCUT2D eigenvalue weighted by Crippen LogP contribution is 2.30. The standard InChI is InChI=1S/C17H17Cl2NO5S/c1-3-26(23,24)12-5-6-15(21)14(9-12)20-17(22)10(2)25-16-7-4-11(18)8-13(16)19/h4-10,21H,3H2,1-2H3,(H,20,22). The van der Waals surface area contributed by atoms with E-state index in [1.54, 1.807) is 6.07 Å². The number of halogens is 2. The van der Waals surface area contributed by atoms with Gasteiger partial charge in [-0.05, 0) is 43.3 Å². The summed E-state index contributed by atoms with van der Waals surface area (Å²) in [7, 11) is -3.48. The van der Waals surface area contributed by atoms with Gasteiger partial charge in [-0.25, -0.2) is 8.42 Å². The molecule has 0 aliphatic heterocycles. The normalized spacial score (nSPS) is 12.5. The van der Waals surface area contributed by atoms with Crippen LogP contribution in [0.3, 0.4) is 0 Å². The Bertz CT molecular complexity index is 931. The minimum atomic E-state index is -3.48. The van der Waals surface area contributed by atoms with Gasteiger partial charge in [-0.1, -0.05) is 30.1 Å². The molecule has 0 bridgehead atoms. The number of rotatable bonds is 6. The van der Waals surface area contributed by atoms with E-state index in [9.17, 15) is 18.3 Å². The molecule has 0 saturated carbocycles. The van der Waals surface area contributed by atoms with Crippen LogP contribution in [0, 0.1) is 0 Å². The van der Waals surface area contributed by atoms with E-state index in [2.05, 4.69) is 5.32 Å². The number of ether oxygens (including phenoxy) is 1. The van der Waals surface area contributed by atoms with Crippen molar-refractivity contribution in [3.63, 3.8) is 0 Å². The number of amides is 1. The molecule has 0 fully saturated rings. The van der Waals surface area contributed by atoms with Gasteiger partial charge in [0.15, 0.2) is 15.9 Å². The molecule has 6 nitrogen and oxygen atoms in total. The molecule has 2 aromatic rings. The number of carbonyl (C=O) groups is 1. The van der Waals surface area contributed by atoms with Crippen LogP contribution in [0.4, 0.5) is 5.69 Å². The Labute approximate surface area is 161 Å². The van der Waals surface area contributed by atoms with Crippen LogP contribution in [0.2, 0.25) is 10.0 Å². The fourth-order valence-electron chi connectivity index (χ4n) is 2.02. The molecular weight excluding hydrogens is 401 g/mol. The second-order valence-corrected chi connectivity index (χ2v) is 8.53. The van der Waals surface area contributed by atoms with Gasteiger partial charge in [-0.3, -0.25) is 4.79 Å². The predicted molar refractivity (Wildman–Crippen MR) is 101 cm³/mol. The lowest BCUT2D eigenvalue weighted by atomic mass is 10.2. The molecule has 26 heavy (non-hydrogen) atoms. The van der Waals surface area contributed by atoms with E-state index in [1.807, 2.05) is 0 Å². The van der Waals surface area contributed by atoms with Crippen molar-refractivity contribution in [1.29, 1.82) is 0 Å². The molecule has 0 spiro atoms. The van der Waals surface area contributed by atoms with Crippen LogP contribution in [0.15, 0.2) is 41.3 Å². The summed E-state index contributed by atoms with van der Waals surface area (Å²) in [6.45, 7) is 3.00. The van der Waals surface area contributed by atoms with Gasteiger partial charge < -0.3 is 15.2 Å². The Morgan fingerprint density at radius 1 is 1.23 bits per heavy atom. The summed E-state index contributed by atoms with van der Waals surface area (Å²) in [5.74, 6) is -0.674. The number of anilines is 1. The van der Waals surface area contributed by atoms with Gasteiger partial charge in [0.2, 0.25) is 0 Å². The van der Waals surface area contributed by atoms with Crippen LogP contribution in [-0.2, 0) is 14.6 Å². The summed E-state index contributed by atoms with van der Waals surface area (Å²) in [6.07, 6.45) is -0.959. The SMILES string of the molecule is CCS(=O)(=O)c1ccc(O)c(NC(=O)C(C)Oc2ccc(Cl)cc2Cl)c1. The summed E-state index contributed by atoms with van der Waals surface area (Å²) >= 11 is 11.8. The molecule has 9 heteroatoms. The maximum Gasteiger partial charge on any atom is 0.265 e. The number of phenolic OH excluding ortho intramolecular Hbond substituents is 1. The number of benzene rings is 2. The Kier molecular flexibility index (Phi) is 6.39. The smallest absolute Gasteiger partial charge is 0.265 e. The van der Waals surface area contributed by atoms with Crippen molar-refractivity contribution >= 4 is 44.6 Å². The number of nitrogens with one attached hydrogen (secondary N) is 1. The van der Waals surface area contributed by atoms with Crippen molar-refractivity contribution in [2.45, 2.75) is 24.8 Å². The van der Waals surface area contributed by atoms with Gasteiger partial charge in [-0.15, -0.1) is 0 Å². The maximum atomic E-state index is 12.3. The summed E-state index contributed by atoms with van der Waals surface area (Å²) in [5.41, 5.74) is -0.0258. The van der Waals surface area contributed by atoms with E-state index in [0.29, 0.717) is 5.02 Å². The molecule has 2 aromatic carbocycles. The van der Waals surface area contributed by atoms with Crippen LogP contribution >= 0.6 is 23.2 Å². The first-order valence-corrected chi connectivity index (χ1v) is 10.0. The van der Waals surface area contributed by atoms with Gasteiger partial charge >= 0.3 is 0 Å². The number of phenols is 1. The summed E-state index contributed by atoms with van der Waals surface area (Å²) in [6, 6.07) is 8.26. The van der Waals surface area contributed by atoms with Gasteiger partial charge in [0, 0.05) is 5.02 Å². The van der Waals surface area contributed by atoms with Gasteiger partial charge in [0.05, 0.1) is 21.4 Å². The molecule has 0 radical (unpaired) electrons. The third-order valence-corrected chi connectivity index (χ3v) is 5.79. The third-order valence-electron chi connectivity index (χ3n) is 3.53. The van der Waals surface area contributed by atoms with Gasteiger partial charge in [0.1, 0.15) is 11.5 Å². The Balaban J connectivity index is 2.17. The van der Waals surface area contributed by atoms with Crippen molar-refractivity contribution in [3.05, 3.63) is 46.4 Å². The fourth-order valence-corrected chi connectivity index (χ4v) is 3.38. The number of aromatic hydroxyl groups is 1. The number of hydrogen-bond donors (Lipinski definition) is 2. The lowest BCUT2D eigenvalue weighted by Gasteiger charge is -2.16. The van der Waals surface area contributed by atoms with E-state index in [1.165, 1.54) is 44.2 Å². The molecule has 1 unspecified atom stereocenters. The largest absolute Gasteiger partial charge is 0.506 e. The van der Waals surface area contributed by atoms with Crippen molar-refractivity contribution in [3.8, 4) is 11.5 Å². The first kappa shape index (κ1) is 20.4. The Morgan fingerprint density at radius 3 is 2.54 bits per heavy atom. The zero-order chi connectivity index (χ0) is 19.5. The Morgan fingerprint density at radius 2 is 1.92 bits per heavy atom. The minimum Gasteiger partial charge on any atom is -0.506 e. The monoisotopic (exact) mass is 417 g/mol. The quantitative estimate of drug-likeness (QED) is 0.695. The van der Waals surface area contributed by atoms with Crippen molar-refractivity contribution in [2.75, 3.05) is 11.1 Å². The molecule has 0 heterocycles. The third kappa shape index (κ3) is 4.81. The first-order valence-electron chi connectivity index (χ1n) is 7.62. The molecule has 0 aliphatic carbocycles. The molecule has 0 saturated heterocycles. The number of sulfone groups is 1. The van der Waals surface area contributed by atoms with Gasteiger partial charge in [0.25, 0.3) is 5.91 Å². The lowest BCUT2D eigenvalue weighted by molar-refractivity contribution is -0.122. The van der Waals surface area contributed by atoms with Crippen LogP contribution in [-0.4, -0.2) is 31.3 Å². The number of carbonyl (C=O) groups excluding carboxylic acids is 1. The molecule has 1 atom stereocenters. The first-order chi connectivity index (χ1) is 12.1. The zero-order valence-electron chi connectivity index (χ0n) is 14.0. The van der Waals surface area contributed by atoms with Crippen LogP contribution in [0.25, 0.3) is 0 Å². The highest BCUT2D eigenvalue weighted by Gasteiger charge is 2.20.